The van der Waals surface area contributed by atoms with Crippen LogP contribution in [-0.2, 0) is 12.8 Å². The fourth-order valence-corrected chi connectivity index (χ4v) is 3.96. The first-order chi connectivity index (χ1) is 13.2. The van der Waals surface area contributed by atoms with Crippen molar-refractivity contribution >= 4 is 17.2 Å². The van der Waals surface area contributed by atoms with Gasteiger partial charge in [-0.15, -0.1) is 11.3 Å². The quantitative estimate of drug-likeness (QED) is 0.681. The van der Waals surface area contributed by atoms with Gasteiger partial charge in [-0.3, -0.25) is 9.59 Å². The minimum atomic E-state index is -0.139. The van der Waals surface area contributed by atoms with Crippen LogP contribution in [0, 0.1) is 5.92 Å². The lowest BCUT2D eigenvalue weighted by atomic mass is 10.00. The van der Waals surface area contributed by atoms with Gasteiger partial charge in [-0.25, -0.2) is 9.97 Å². The second-order valence-corrected chi connectivity index (χ2v) is 7.45. The van der Waals surface area contributed by atoms with E-state index in [9.17, 15) is 9.59 Å². The Bertz CT molecular complexity index is 983. The van der Waals surface area contributed by atoms with E-state index < -0.39 is 0 Å². The minimum absolute atomic E-state index is 0.0500. The van der Waals surface area contributed by atoms with Crippen molar-refractivity contribution in [2.24, 2.45) is 5.92 Å². The molecule has 1 atom stereocenters. The zero-order valence-corrected chi connectivity index (χ0v) is 15.6. The number of carbonyl (C=O) groups excluding carboxylic acids is 1. The molecule has 0 spiro atoms. The van der Waals surface area contributed by atoms with Crippen LogP contribution in [0.5, 0.6) is 0 Å². The number of amides is 1. The molecule has 2 N–H and O–H groups in total. The first-order valence-corrected chi connectivity index (χ1v) is 9.99. The minimum Gasteiger partial charge on any atom is -0.350 e. The van der Waals surface area contributed by atoms with Gasteiger partial charge < -0.3 is 10.3 Å². The van der Waals surface area contributed by atoms with Crippen LogP contribution in [-0.4, -0.2) is 27.4 Å². The average molecular weight is 380 g/mol. The number of rotatable bonds is 4. The first kappa shape index (κ1) is 17.6. The molecule has 3 aromatic rings. The smallest absolute Gasteiger partial charge is 0.270 e. The summed E-state index contributed by atoms with van der Waals surface area (Å²) in [6.45, 7) is 0.591. The van der Waals surface area contributed by atoms with Gasteiger partial charge in [0.25, 0.3) is 11.5 Å². The summed E-state index contributed by atoms with van der Waals surface area (Å²) in [4.78, 5) is 36.3. The number of aryl methyl sites for hydroxylation is 1. The van der Waals surface area contributed by atoms with Crippen LogP contribution in [0.2, 0.25) is 0 Å². The second-order valence-electron chi connectivity index (χ2n) is 6.73. The monoisotopic (exact) mass is 380 g/mol. The number of fused-ring (bicyclic) bond motifs is 1. The van der Waals surface area contributed by atoms with Crippen LogP contribution < -0.4 is 10.9 Å². The molecule has 27 heavy (non-hydrogen) atoms. The molecule has 2 aromatic heterocycles. The molecule has 1 aromatic carbocycles. The van der Waals surface area contributed by atoms with Gasteiger partial charge in [0.1, 0.15) is 11.5 Å². The van der Waals surface area contributed by atoms with E-state index in [1.165, 1.54) is 11.3 Å². The molecule has 0 aliphatic heterocycles. The van der Waals surface area contributed by atoms with E-state index >= 15 is 0 Å². The Morgan fingerprint density at radius 1 is 1.22 bits per heavy atom. The van der Waals surface area contributed by atoms with Crippen LogP contribution >= 0.6 is 11.3 Å². The van der Waals surface area contributed by atoms with Crippen molar-refractivity contribution in [2.75, 3.05) is 6.54 Å². The Morgan fingerprint density at radius 2 is 2.04 bits per heavy atom. The van der Waals surface area contributed by atoms with Crippen molar-refractivity contribution in [1.82, 2.24) is 20.3 Å². The topological polar surface area (TPSA) is 87.7 Å². The highest BCUT2D eigenvalue weighted by Gasteiger charge is 2.21. The standard InChI is InChI=1S/C20H20N4O2S/c25-19-15-8-6-13(10-21-20(26)17-11-27-12-22-17)7-9-16(15)23-18(24-19)14-4-2-1-3-5-14/h1-5,11-13H,6-10H2,(H,21,26)(H,23,24,25). The predicted molar refractivity (Wildman–Crippen MR) is 105 cm³/mol. The molecule has 4 rings (SSSR count). The molecule has 1 aliphatic carbocycles. The van der Waals surface area contributed by atoms with Crippen LogP contribution in [0.4, 0.5) is 0 Å². The normalized spacial score (nSPS) is 16.4. The Morgan fingerprint density at radius 3 is 2.81 bits per heavy atom. The highest BCUT2D eigenvalue weighted by Crippen LogP contribution is 2.23. The molecular weight excluding hydrogens is 360 g/mol. The van der Waals surface area contributed by atoms with Gasteiger partial charge in [0.15, 0.2) is 0 Å². The maximum atomic E-state index is 12.6. The first-order valence-electron chi connectivity index (χ1n) is 9.04. The van der Waals surface area contributed by atoms with E-state index in [0.717, 1.165) is 36.1 Å². The third-order valence-electron chi connectivity index (χ3n) is 4.96. The van der Waals surface area contributed by atoms with E-state index in [0.29, 0.717) is 30.4 Å². The van der Waals surface area contributed by atoms with Gasteiger partial charge in [0.2, 0.25) is 0 Å². The number of aromatic amines is 1. The second kappa shape index (κ2) is 7.84. The molecule has 1 amide bonds. The van der Waals surface area contributed by atoms with Gasteiger partial charge in [-0.05, 0) is 31.6 Å². The fraction of sp³-hybridized carbons (Fsp3) is 0.300. The Balaban J connectivity index is 1.46. The van der Waals surface area contributed by atoms with Crippen LogP contribution in [0.25, 0.3) is 11.4 Å². The van der Waals surface area contributed by atoms with Crippen LogP contribution in [0.15, 0.2) is 46.0 Å². The van der Waals surface area contributed by atoms with E-state index in [-0.39, 0.29) is 11.5 Å². The lowest BCUT2D eigenvalue weighted by Crippen LogP contribution is -2.29. The number of hydrogen-bond donors (Lipinski definition) is 2. The molecule has 1 unspecified atom stereocenters. The Hall–Kier alpha value is -2.80. The van der Waals surface area contributed by atoms with E-state index in [1.807, 2.05) is 30.3 Å². The van der Waals surface area contributed by atoms with Crippen LogP contribution in [0.3, 0.4) is 0 Å². The molecule has 138 valence electrons. The van der Waals surface area contributed by atoms with Gasteiger partial charge in [-0.1, -0.05) is 30.3 Å². The Labute approximate surface area is 160 Å². The summed E-state index contributed by atoms with van der Waals surface area (Å²) in [5.41, 5.74) is 4.63. The lowest BCUT2D eigenvalue weighted by molar-refractivity contribution is 0.0941. The summed E-state index contributed by atoms with van der Waals surface area (Å²) >= 11 is 1.41. The lowest BCUT2D eigenvalue weighted by Gasteiger charge is -2.14. The fourth-order valence-electron chi connectivity index (χ4n) is 3.43. The molecule has 0 saturated heterocycles. The molecule has 0 bridgehead atoms. The molecule has 0 saturated carbocycles. The van der Waals surface area contributed by atoms with Gasteiger partial charge >= 0.3 is 0 Å². The highest BCUT2D eigenvalue weighted by atomic mass is 32.1. The molecule has 7 heteroatoms. The number of carbonyl (C=O) groups is 1. The molecule has 1 aliphatic rings. The Kier molecular flexibility index (Phi) is 5.11. The number of benzene rings is 1. The van der Waals surface area contributed by atoms with Crippen molar-refractivity contribution in [2.45, 2.75) is 25.7 Å². The van der Waals surface area contributed by atoms with Crippen LogP contribution in [0.1, 0.15) is 34.6 Å². The summed E-state index contributed by atoms with van der Waals surface area (Å²) in [6.07, 6.45) is 3.19. The third-order valence-corrected chi connectivity index (χ3v) is 5.54. The molecule has 2 heterocycles. The number of nitrogens with one attached hydrogen (secondary N) is 2. The van der Waals surface area contributed by atoms with E-state index in [4.69, 9.17) is 4.98 Å². The molecule has 0 fully saturated rings. The summed E-state index contributed by atoms with van der Waals surface area (Å²) in [7, 11) is 0. The maximum absolute atomic E-state index is 12.6. The van der Waals surface area contributed by atoms with Crippen molar-refractivity contribution in [3.8, 4) is 11.4 Å². The highest BCUT2D eigenvalue weighted by molar-refractivity contribution is 7.07. The van der Waals surface area contributed by atoms with Crippen molar-refractivity contribution < 1.29 is 4.79 Å². The number of nitrogens with zero attached hydrogens (tertiary/aromatic N) is 2. The predicted octanol–water partition coefficient (Wildman–Crippen LogP) is 2.82. The largest absolute Gasteiger partial charge is 0.350 e. The average Bonchev–Trinajstić information content (AvgIpc) is 3.15. The van der Waals surface area contributed by atoms with E-state index in [2.05, 4.69) is 15.3 Å². The number of thiazole rings is 1. The van der Waals surface area contributed by atoms with E-state index in [1.54, 1.807) is 10.9 Å². The molecule has 6 nitrogen and oxygen atoms in total. The van der Waals surface area contributed by atoms with Crippen molar-refractivity contribution in [1.29, 1.82) is 0 Å². The zero-order valence-electron chi connectivity index (χ0n) is 14.8. The summed E-state index contributed by atoms with van der Waals surface area (Å²) < 4.78 is 0. The SMILES string of the molecule is O=C(NCC1CCc2nc(-c3ccccc3)[nH]c(=O)c2CC1)c1cscn1. The van der Waals surface area contributed by atoms with Crippen molar-refractivity contribution in [3.63, 3.8) is 0 Å². The number of H-pyrrole nitrogens is 1. The molecule has 0 radical (unpaired) electrons. The van der Waals surface area contributed by atoms with Gasteiger partial charge in [-0.2, -0.15) is 0 Å². The van der Waals surface area contributed by atoms with Gasteiger partial charge in [0, 0.05) is 23.1 Å². The summed E-state index contributed by atoms with van der Waals surface area (Å²) in [5.74, 6) is 0.802. The summed E-state index contributed by atoms with van der Waals surface area (Å²) in [5, 5.41) is 4.70. The van der Waals surface area contributed by atoms with Crippen molar-refractivity contribution in [3.05, 3.63) is 68.5 Å². The van der Waals surface area contributed by atoms with Gasteiger partial charge in [0.05, 0.1) is 11.2 Å². The third kappa shape index (κ3) is 3.98. The summed E-state index contributed by atoms with van der Waals surface area (Å²) in [6, 6.07) is 9.69. The number of hydrogen-bond acceptors (Lipinski definition) is 5. The zero-order chi connectivity index (χ0) is 18.6. The number of aromatic nitrogens is 3. The molecular formula is C20H20N4O2S. The maximum Gasteiger partial charge on any atom is 0.270 e.